The Bertz CT molecular complexity index is 898. The number of ketones is 1. The molecule has 1 aliphatic rings. The highest BCUT2D eigenvalue weighted by atomic mass is 16.4. The number of carbonyl (C=O) groups is 4. The molecule has 1 atom stereocenters. The summed E-state index contributed by atoms with van der Waals surface area (Å²) in [6.07, 6.45) is 5.10. The zero-order valence-corrected chi connectivity index (χ0v) is 14.9. The van der Waals surface area contributed by atoms with Gasteiger partial charge in [0.25, 0.3) is 0 Å². The van der Waals surface area contributed by atoms with E-state index < -0.39 is 36.0 Å². The normalized spacial score (nSPS) is 16.7. The predicted molar refractivity (Wildman–Crippen MR) is 96.6 cm³/mol. The standard InChI is InChI=1S/C19H18N4O5/c24-15-5-7-23(19(28)17(15)18(27)22-10-16(25)26)11-14-4-3-13(9-21-14)12-2-1-6-20-8-12/h1-4,6,8-9,17H,5,7,10-11H2,(H,22,27)(H,25,26). The van der Waals surface area contributed by atoms with Crippen LogP contribution >= 0.6 is 0 Å². The van der Waals surface area contributed by atoms with E-state index in [1.165, 1.54) is 4.90 Å². The van der Waals surface area contributed by atoms with Crippen molar-refractivity contribution in [3.8, 4) is 11.1 Å². The fraction of sp³-hybridized carbons (Fsp3) is 0.263. The summed E-state index contributed by atoms with van der Waals surface area (Å²) < 4.78 is 0. The predicted octanol–water partition coefficient (Wildman–Crippen LogP) is 0.262. The van der Waals surface area contributed by atoms with Gasteiger partial charge in [-0.15, -0.1) is 0 Å². The van der Waals surface area contributed by atoms with Gasteiger partial charge in [-0.25, -0.2) is 0 Å². The second-order valence-corrected chi connectivity index (χ2v) is 6.30. The van der Waals surface area contributed by atoms with E-state index in [2.05, 4.69) is 15.3 Å². The van der Waals surface area contributed by atoms with Crippen molar-refractivity contribution in [1.29, 1.82) is 0 Å². The van der Waals surface area contributed by atoms with Crippen LogP contribution in [0.4, 0.5) is 0 Å². The van der Waals surface area contributed by atoms with Crippen LogP contribution in [0.25, 0.3) is 11.1 Å². The number of nitrogens with zero attached hydrogens (tertiary/aromatic N) is 3. The van der Waals surface area contributed by atoms with E-state index in [0.29, 0.717) is 5.69 Å². The largest absolute Gasteiger partial charge is 0.480 e. The number of hydrogen-bond acceptors (Lipinski definition) is 6. The monoisotopic (exact) mass is 382 g/mol. The highest BCUT2D eigenvalue weighted by molar-refractivity contribution is 6.19. The lowest BCUT2D eigenvalue weighted by Gasteiger charge is -2.30. The Labute approximate surface area is 160 Å². The first kappa shape index (κ1) is 19.2. The Morgan fingerprint density at radius 2 is 1.96 bits per heavy atom. The molecule has 0 bridgehead atoms. The van der Waals surface area contributed by atoms with E-state index in [1.54, 1.807) is 24.7 Å². The molecule has 2 amide bonds. The van der Waals surface area contributed by atoms with Gasteiger partial charge in [0.2, 0.25) is 11.8 Å². The maximum absolute atomic E-state index is 12.6. The van der Waals surface area contributed by atoms with Gasteiger partial charge in [0.15, 0.2) is 11.7 Å². The van der Waals surface area contributed by atoms with Crippen LogP contribution in [-0.4, -0.2) is 56.6 Å². The highest BCUT2D eigenvalue weighted by Gasteiger charge is 2.40. The van der Waals surface area contributed by atoms with Crippen molar-refractivity contribution in [2.45, 2.75) is 13.0 Å². The molecule has 1 aliphatic heterocycles. The Morgan fingerprint density at radius 3 is 2.61 bits per heavy atom. The number of amides is 2. The number of likely N-dealkylation sites (tertiary alicyclic amines) is 1. The molecule has 2 aromatic rings. The van der Waals surface area contributed by atoms with Gasteiger partial charge in [0.1, 0.15) is 6.54 Å². The zero-order valence-electron chi connectivity index (χ0n) is 14.9. The average Bonchev–Trinajstić information content (AvgIpc) is 2.70. The zero-order chi connectivity index (χ0) is 20.1. The Hall–Kier alpha value is -3.62. The number of rotatable bonds is 6. The maximum atomic E-state index is 12.6. The van der Waals surface area contributed by atoms with Crippen LogP contribution in [-0.2, 0) is 25.7 Å². The number of pyridine rings is 2. The molecule has 3 heterocycles. The second-order valence-electron chi connectivity index (χ2n) is 6.30. The van der Waals surface area contributed by atoms with E-state index in [-0.39, 0.29) is 19.5 Å². The molecule has 0 radical (unpaired) electrons. The number of carboxylic acids is 1. The number of aromatic nitrogens is 2. The van der Waals surface area contributed by atoms with E-state index in [0.717, 1.165) is 11.1 Å². The number of hydrogen-bond donors (Lipinski definition) is 2. The number of nitrogens with one attached hydrogen (secondary N) is 1. The summed E-state index contributed by atoms with van der Waals surface area (Å²) in [6, 6.07) is 7.35. The molecule has 0 saturated carbocycles. The van der Waals surface area contributed by atoms with Crippen molar-refractivity contribution in [3.05, 3.63) is 48.5 Å². The quantitative estimate of drug-likeness (QED) is 0.686. The summed E-state index contributed by atoms with van der Waals surface area (Å²) >= 11 is 0. The summed E-state index contributed by atoms with van der Waals surface area (Å²) in [6.45, 7) is -0.304. The lowest BCUT2D eigenvalue weighted by molar-refractivity contribution is -0.152. The molecule has 28 heavy (non-hydrogen) atoms. The number of carboxylic acid groups (broad SMARTS) is 1. The van der Waals surface area contributed by atoms with Crippen LogP contribution in [0.15, 0.2) is 42.9 Å². The molecule has 0 aliphatic carbocycles. The molecule has 9 nitrogen and oxygen atoms in total. The topological polar surface area (TPSA) is 130 Å². The van der Waals surface area contributed by atoms with E-state index >= 15 is 0 Å². The molecule has 3 rings (SSSR count). The van der Waals surface area contributed by atoms with Crippen molar-refractivity contribution in [3.63, 3.8) is 0 Å². The van der Waals surface area contributed by atoms with E-state index in [9.17, 15) is 19.2 Å². The van der Waals surface area contributed by atoms with Crippen molar-refractivity contribution in [2.24, 2.45) is 5.92 Å². The average molecular weight is 382 g/mol. The highest BCUT2D eigenvalue weighted by Crippen LogP contribution is 2.20. The third-order valence-electron chi connectivity index (χ3n) is 4.36. The molecule has 0 aromatic carbocycles. The summed E-state index contributed by atoms with van der Waals surface area (Å²) in [5.41, 5.74) is 2.40. The van der Waals surface area contributed by atoms with Gasteiger partial charge < -0.3 is 15.3 Å². The van der Waals surface area contributed by atoms with Gasteiger partial charge >= 0.3 is 5.97 Å². The first-order chi connectivity index (χ1) is 13.5. The van der Waals surface area contributed by atoms with Gasteiger partial charge in [-0.1, -0.05) is 12.1 Å². The number of Topliss-reactive ketones (excluding diaryl/α,β-unsaturated/α-hetero) is 1. The van der Waals surface area contributed by atoms with E-state index in [4.69, 9.17) is 5.11 Å². The minimum atomic E-state index is -1.51. The van der Waals surface area contributed by atoms with Crippen LogP contribution < -0.4 is 5.32 Å². The van der Waals surface area contributed by atoms with Gasteiger partial charge in [-0.2, -0.15) is 0 Å². The van der Waals surface area contributed by atoms with Crippen molar-refractivity contribution in [1.82, 2.24) is 20.2 Å². The molecular weight excluding hydrogens is 364 g/mol. The molecule has 1 unspecified atom stereocenters. The Balaban J connectivity index is 1.68. The van der Waals surface area contributed by atoms with Gasteiger partial charge in [0, 0.05) is 42.7 Å². The van der Waals surface area contributed by atoms with Crippen molar-refractivity contribution >= 4 is 23.6 Å². The smallest absolute Gasteiger partial charge is 0.322 e. The van der Waals surface area contributed by atoms with Gasteiger partial charge in [0.05, 0.1) is 12.2 Å². The molecule has 2 N–H and O–H groups in total. The maximum Gasteiger partial charge on any atom is 0.322 e. The summed E-state index contributed by atoms with van der Waals surface area (Å²) in [4.78, 5) is 57.0. The number of aliphatic carboxylic acids is 1. The van der Waals surface area contributed by atoms with Crippen LogP contribution in [0.5, 0.6) is 0 Å². The molecule has 2 aromatic heterocycles. The fourth-order valence-corrected chi connectivity index (χ4v) is 2.92. The van der Waals surface area contributed by atoms with Crippen LogP contribution in [0, 0.1) is 5.92 Å². The minimum Gasteiger partial charge on any atom is -0.480 e. The third kappa shape index (κ3) is 4.37. The van der Waals surface area contributed by atoms with Crippen LogP contribution in [0.1, 0.15) is 12.1 Å². The second kappa shape index (κ2) is 8.38. The minimum absolute atomic E-state index is 0.0324. The van der Waals surface area contributed by atoms with Crippen molar-refractivity contribution < 1.29 is 24.3 Å². The molecule has 9 heteroatoms. The fourth-order valence-electron chi connectivity index (χ4n) is 2.92. The lowest BCUT2D eigenvalue weighted by Crippen LogP contribution is -2.52. The summed E-state index contributed by atoms with van der Waals surface area (Å²) in [5, 5.41) is 10.7. The number of carbonyl (C=O) groups excluding carboxylic acids is 3. The van der Waals surface area contributed by atoms with Gasteiger partial charge in [-0.3, -0.25) is 29.1 Å². The SMILES string of the molecule is O=C(O)CNC(=O)C1C(=O)CCN(Cc2ccc(-c3cccnc3)cn2)C1=O. The van der Waals surface area contributed by atoms with E-state index in [1.807, 2.05) is 18.2 Å². The molecule has 1 fully saturated rings. The first-order valence-corrected chi connectivity index (χ1v) is 8.62. The molecular formula is C19H18N4O5. The summed E-state index contributed by atoms with van der Waals surface area (Å²) in [7, 11) is 0. The molecule has 144 valence electrons. The lowest BCUT2D eigenvalue weighted by atomic mass is 9.94. The van der Waals surface area contributed by atoms with Crippen LogP contribution in [0.3, 0.4) is 0 Å². The van der Waals surface area contributed by atoms with Crippen molar-refractivity contribution in [2.75, 3.05) is 13.1 Å². The summed E-state index contributed by atoms with van der Waals surface area (Å²) in [5.74, 6) is -4.80. The Morgan fingerprint density at radius 1 is 1.18 bits per heavy atom. The molecule has 0 spiro atoms. The van der Waals surface area contributed by atoms with Crippen LogP contribution in [0.2, 0.25) is 0 Å². The number of piperidine rings is 1. The van der Waals surface area contributed by atoms with Gasteiger partial charge in [-0.05, 0) is 12.1 Å². The Kier molecular flexibility index (Phi) is 5.73. The first-order valence-electron chi connectivity index (χ1n) is 8.62. The molecule has 1 saturated heterocycles. The third-order valence-corrected chi connectivity index (χ3v) is 4.36.